The molecular weight excluding hydrogens is 358 g/mol. The van der Waals surface area contributed by atoms with Crippen molar-refractivity contribution in [2.24, 2.45) is 0 Å². The second kappa shape index (κ2) is 8.68. The molecule has 2 N–H and O–H groups in total. The average Bonchev–Trinajstić information content (AvgIpc) is 2.79. The summed E-state index contributed by atoms with van der Waals surface area (Å²) in [7, 11) is 0. The highest BCUT2D eigenvalue weighted by molar-refractivity contribution is 5.66. The zero-order chi connectivity index (χ0) is 19.9. The molecule has 140 valence electrons. The third kappa shape index (κ3) is 4.76. The summed E-state index contributed by atoms with van der Waals surface area (Å²) in [5.41, 5.74) is 4.34. The Balaban J connectivity index is 1.65. The summed E-state index contributed by atoms with van der Waals surface area (Å²) in [5, 5.41) is 15.7. The fourth-order valence-electron chi connectivity index (χ4n) is 2.93. The second-order valence-corrected chi connectivity index (χ2v) is 6.48. The van der Waals surface area contributed by atoms with E-state index < -0.39 is 0 Å². The molecule has 0 aliphatic carbocycles. The number of nitriles is 1. The molecule has 1 heterocycles. The van der Waals surface area contributed by atoms with E-state index in [9.17, 15) is 0 Å². The Kier molecular flexibility index (Phi) is 5.45. The molecule has 29 heavy (non-hydrogen) atoms. The quantitative estimate of drug-likeness (QED) is 0.472. The summed E-state index contributed by atoms with van der Waals surface area (Å²) in [5.74, 6) is 1.19. The number of hydrogen-bond donors (Lipinski definition) is 2. The van der Waals surface area contributed by atoms with Gasteiger partial charge in [-0.15, -0.1) is 0 Å². The normalized spacial score (nSPS) is 10.2. The largest absolute Gasteiger partial charge is 0.366 e. The van der Waals surface area contributed by atoms with E-state index >= 15 is 0 Å². The fraction of sp³-hybridized carbons (Fsp3) is 0.0417. The Morgan fingerprint density at radius 1 is 0.793 bits per heavy atom. The smallest absolute Gasteiger partial charge is 0.229 e. The summed E-state index contributed by atoms with van der Waals surface area (Å²) in [6.07, 6.45) is 0. The predicted molar refractivity (Wildman–Crippen MR) is 116 cm³/mol. The van der Waals surface area contributed by atoms with Crippen LogP contribution in [0.4, 0.5) is 17.5 Å². The van der Waals surface area contributed by atoms with Crippen molar-refractivity contribution in [3.8, 4) is 17.3 Å². The predicted octanol–water partition coefficient (Wildman–Crippen LogP) is 5.37. The van der Waals surface area contributed by atoms with E-state index in [1.807, 2.05) is 66.7 Å². The standard InChI is InChI=1S/C24H19N5/c25-16-19-10-7-13-21(14-19)27-24-28-22(20-11-5-2-6-12-20)15-23(29-24)26-17-18-8-3-1-4-9-18/h1-15H,17H2,(H2,26,27,28,29). The molecule has 0 aliphatic rings. The van der Waals surface area contributed by atoms with Crippen LogP contribution in [0.15, 0.2) is 91.0 Å². The number of anilines is 3. The van der Waals surface area contributed by atoms with Gasteiger partial charge in [-0.05, 0) is 23.8 Å². The highest BCUT2D eigenvalue weighted by Gasteiger charge is 2.08. The number of aromatic nitrogens is 2. The molecule has 0 atom stereocenters. The summed E-state index contributed by atoms with van der Waals surface area (Å²) in [6, 6.07) is 31.5. The lowest BCUT2D eigenvalue weighted by Crippen LogP contribution is -2.05. The Labute approximate surface area is 169 Å². The number of nitrogens with one attached hydrogen (secondary N) is 2. The molecule has 0 spiro atoms. The van der Waals surface area contributed by atoms with Crippen molar-refractivity contribution < 1.29 is 0 Å². The van der Waals surface area contributed by atoms with Gasteiger partial charge in [0.15, 0.2) is 0 Å². The molecule has 0 fully saturated rings. The molecule has 4 aromatic rings. The number of hydrogen-bond acceptors (Lipinski definition) is 5. The maximum Gasteiger partial charge on any atom is 0.229 e. The molecule has 0 bridgehead atoms. The lowest BCUT2D eigenvalue weighted by atomic mass is 10.1. The molecule has 3 aromatic carbocycles. The summed E-state index contributed by atoms with van der Waals surface area (Å²) < 4.78 is 0. The van der Waals surface area contributed by atoms with Crippen LogP contribution in [-0.4, -0.2) is 9.97 Å². The van der Waals surface area contributed by atoms with Gasteiger partial charge in [0.2, 0.25) is 5.95 Å². The van der Waals surface area contributed by atoms with Crippen LogP contribution in [0.5, 0.6) is 0 Å². The molecule has 0 saturated carbocycles. The van der Waals surface area contributed by atoms with Crippen LogP contribution >= 0.6 is 0 Å². The lowest BCUT2D eigenvalue weighted by Gasteiger charge is -2.12. The monoisotopic (exact) mass is 377 g/mol. The lowest BCUT2D eigenvalue weighted by molar-refractivity contribution is 1.09. The van der Waals surface area contributed by atoms with E-state index in [1.54, 1.807) is 12.1 Å². The van der Waals surface area contributed by atoms with Crippen molar-refractivity contribution in [2.75, 3.05) is 10.6 Å². The van der Waals surface area contributed by atoms with Crippen LogP contribution in [-0.2, 0) is 6.54 Å². The van der Waals surface area contributed by atoms with E-state index in [0.29, 0.717) is 18.1 Å². The minimum atomic E-state index is 0.469. The van der Waals surface area contributed by atoms with Gasteiger partial charge in [0.1, 0.15) is 5.82 Å². The Morgan fingerprint density at radius 2 is 1.55 bits per heavy atom. The maximum absolute atomic E-state index is 9.12. The first-order chi connectivity index (χ1) is 14.3. The van der Waals surface area contributed by atoms with Crippen LogP contribution in [0, 0.1) is 11.3 Å². The van der Waals surface area contributed by atoms with E-state index in [1.165, 1.54) is 5.56 Å². The molecule has 5 nitrogen and oxygen atoms in total. The first-order valence-corrected chi connectivity index (χ1v) is 9.30. The van der Waals surface area contributed by atoms with Crippen LogP contribution in [0.25, 0.3) is 11.3 Å². The summed E-state index contributed by atoms with van der Waals surface area (Å²) in [4.78, 5) is 9.27. The molecular formula is C24H19N5. The van der Waals surface area contributed by atoms with Crippen LogP contribution in [0.3, 0.4) is 0 Å². The van der Waals surface area contributed by atoms with Crippen molar-refractivity contribution in [3.63, 3.8) is 0 Å². The number of rotatable bonds is 6. The Hall–Kier alpha value is -4.17. The zero-order valence-electron chi connectivity index (χ0n) is 15.7. The van der Waals surface area contributed by atoms with E-state index in [0.717, 1.165) is 22.8 Å². The molecule has 0 radical (unpaired) electrons. The highest BCUT2D eigenvalue weighted by atomic mass is 15.1. The van der Waals surface area contributed by atoms with Crippen LogP contribution in [0.1, 0.15) is 11.1 Å². The fourth-order valence-corrected chi connectivity index (χ4v) is 2.93. The number of benzene rings is 3. The van der Waals surface area contributed by atoms with Crippen molar-refractivity contribution in [3.05, 3.63) is 102 Å². The van der Waals surface area contributed by atoms with Gasteiger partial charge in [-0.1, -0.05) is 66.7 Å². The van der Waals surface area contributed by atoms with Gasteiger partial charge in [-0.3, -0.25) is 0 Å². The Bertz CT molecular complexity index is 1130. The molecule has 0 amide bonds. The third-order valence-electron chi connectivity index (χ3n) is 4.36. The van der Waals surface area contributed by atoms with Crippen molar-refractivity contribution in [1.29, 1.82) is 5.26 Å². The van der Waals surface area contributed by atoms with Gasteiger partial charge in [0, 0.05) is 23.9 Å². The average molecular weight is 377 g/mol. The van der Waals surface area contributed by atoms with Crippen LogP contribution < -0.4 is 10.6 Å². The summed E-state index contributed by atoms with van der Waals surface area (Å²) in [6.45, 7) is 0.662. The maximum atomic E-state index is 9.12. The SMILES string of the molecule is N#Cc1cccc(Nc2nc(NCc3ccccc3)cc(-c3ccccc3)n2)c1. The Morgan fingerprint density at radius 3 is 2.31 bits per heavy atom. The van der Waals surface area contributed by atoms with E-state index in [4.69, 9.17) is 5.26 Å². The first kappa shape index (κ1) is 18.2. The molecule has 0 unspecified atom stereocenters. The first-order valence-electron chi connectivity index (χ1n) is 9.30. The van der Waals surface area contributed by atoms with Gasteiger partial charge in [0.25, 0.3) is 0 Å². The molecule has 5 heteroatoms. The van der Waals surface area contributed by atoms with Gasteiger partial charge < -0.3 is 10.6 Å². The highest BCUT2D eigenvalue weighted by Crippen LogP contribution is 2.23. The molecule has 1 aromatic heterocycles. The van der Waals surface area contributed by atoms with E-state index in [2.05, 4.69) is 38.8 Å². The minimum absolute atomic E-state index is 0.469. The zero-order valence-corrected chi connectivity index (χ0v) is 15.7. The van der Waals surface area contributed by atoms with E-state index in [-0.39, 0.29) is 0 Å². The van der Waals surface area contributed by atoms with Crippen molar-refractivity contribution in [1.82, 2.24) is 9.97 Å². The minimum Gasteiger partial charge on any atom is -0.366 e. The summed E-state index contributed by atoms with van der Waals surface area (Å²) >= 11 is 0. The van der Waals surface area contributed by atoms with Crippen LogP contribution in [0.2, 0.25) is 0 Å². The molecule has 0 saturated heterocycles. The van der Waals surface area contributed by atoms with Crippen molar-refractivity contribution >= 4 is 17.5 Å². The number of nitrogens with zero attached hydrogens (tertiary/aromatic N) is 3. The van der Waals surface area contributed by atoms with Gasteiger partial charge in [0.05, 0.1) is 17.3 Å². The topological polar surface area (TPSA) is 73.6 Å². The third-order valence-corrected chi connectivity index (χ3v) is 4.36. The second-order valence-electron chi connectivity index (χ2n) is 6.48. The van der Waals surface area contributed by atoms with Crippen molar-refractivity contribution in [2.45, 2.75) is 6.54 Å². The van der Waals surface area contributed by atoms with Gasteiger partial charge >= 0.3 is 0 Å². The molecule has 4 rings (SSSR count). The van der Waals surface area contributed by atoms with Gasteiger partial charge in [-0.25, -0.2) is 4.98 Å². The van der Waals surface area contributed by atoms with Gasteiger partial charge in [-0.2, -0.15) is 10.2 Å². The molecule has 0 aliphatic heterocycles.